The van der Waals surface area contributed by atoms with Crippen LogP contribution in [0.1, 0.15) is 37.2 Å². The maximum Gasteiger partial charge on any atom is 0.194 e. The van der Waals surface area contributed by atoms with E-state index in [9.17, 15) is 0 Å². The van der Waals surface area contributed by atoms with Crippen LogP contribution in [0.3, 0.4) is 0 Å². The molecule has 3 heterocycles. The Morgan fingerprint density at radius 2 is 2.07 bits per heavy atom. The van der Waals surface area contributed by atoms with Crippen molar-refractivity contribution in [3.63, 3.8) is 0 Å². The molecule has 0 saturated carbocycles. The van der Waals surface area contributed by atoms with E-state index in [0.29, 0.717) is 13.1 Å². The van der Waals surface area contributed by atoms with Crippen molar-refractivity contribution in [3.05, 3.63) is 54.0 Å². The third-order valence-electron chi connectivity index (χ3n) is 5.10. The predicted octanol–water partition coefficient (Wildman–Crippen LogP) is 3.22. The number of H-pyrrole nitrogens is 1. The molecular weight excluding hydrogens is 491 g/mol. The number of guanidine groups is 1. The molecule has 30 heavy (non-hydrogen) atoms. The maximum absolute atomic E-state index is 4.79. The van der Waals surface area contributed by atoms with Crippen LogP contribution in [-0.2, 0) is 26.1 Å². The van der Waals surface area contributed by atoms with Crippen LogP contribution in [0.15, 0.2) is 41.5 Å². The molecule has 0 atom stereocenters. The van der Waals surface area contributed by atoms with Crippen LogP contribution in [0.2, 0.25) is 0 Å². The Hall–Kier alpha value is -2.43. The normalized spacial score (nSPS) is 13.5. The first-order valence-corrected chi connectivity index (χ1v) is 10.2. The molecule has 0 radical (unpaired) electrons. The highest BCUT2D eigenvalue weighted by Gasteiger charge is 2.16. The smallest absolute Gasteiger partial charge is 0.194 e. The predicted molar refractivity (Wildman–Crippen MR) is 129 cm³/mol. The Balaban J connectivity index is 0.00000256. The second kappa shape index (κ2) is 10.6. The fourth-order valence-corrected chi connectivity index (χ4v) is 3.61. The van der Waals surface area contributed by atoms with Gasteiger partial charge in [-0.15, -0.1) is 34.2 Å². The van der Waals surface area contributed by atoms with Gasteiger partial charge < -0.3 is 19.8 Å². The van der Waals surface area contributed by atoms with Gasteiger partial charge in [-0.2, -0.15) is 0 Å². The van der Waals surface area contributed by atoms with Gasteiger partial charge in [-0.3, -0.25) is 0 Å². The number of rotatable bonds is 6. The van der Waals surface area contributed by atoms with E-state index < -0.39 is 0 Å². The second-order valence-electron chi connectivity index (χ2n) is 7.28. The Morgan fingerprint density at radius 1 is 1.23 bits per heavy atom. The molecule has 0 unspecified atom stereocenters. The third kappa shape index (κ3) is 5.18. The lowest BCUT2D eigenvalue weighted by Crippen LogP contribution is -2.38. The summed E-state index contributed by atoms with van der Waals surface area (Å²) in [7, 11) is 2.02. The van der Waals surface area contributed by atoms with Crippen LogP contribution < -0.4 is 5.32 Å². The van der Waals surface area contributed by atoms with Gasteiger partial charge in [-0.1, -0.05) is 30.3 Å². The summed E-state index contributed by atoms with van der Waals surface area (Å²) in [5.41, 5.74) is 2.15. The van der Waals surface area contributed by atoms with E-state index in [2.05, 4.69) is 54.0 Å². The fourth-order valence-electron chi connectivity index (χ4n) is 3.61. The summed E-state index contributed by atoms with van der Waals surface area (Å²) >= 11 is 0. The van der Waals surface area contributed by atoms with Crippen molar-refractivity contribution in [3.8, 4) is 11.3 Å². The molecule has 2 aromatic heterocycles. The van der Waals surface area contributed by atoms with E-state index in [-0.39, 0.29) is 24.0 Å². The van der Waals surface area contributed by atoms with Gasteiger partial charge in [0.25, 0.3) is 0 Å². The van der Waals surface area contributed by atoms with Gasteiger partial charge in [0.2, 0.25) is 0 Å². The highest BCUT2D eigenvalue weighted by Crippen LogP contribution is 2.17. The van der Waals surface area contributed by atoms with Crippen LogP contribution in [0, 0.1) is 0 Å². The molecular formula is C21H29IN8. The first-order chi connectivity index (χ1) is 14.2. The number of imidazole rings is 1. The number of hydrogen-bond donors (Lipinski definition) is 2. The Kier molecular flexibility index (Phi) is 7.83. The number of nitrogens with one attached hydrogen (secondary N) is 2. The van der Waals surface area contributed by atoms with Crippen molar-refractivity contribution in [2.24, 2.45) is 4.99 Å². The van der Waals surface area contributed by atoms with Crippen molar-refractivity contribution in [2.75, 3.05) is 13.6 Å². The fraction of sp³-hybridized carbons (Fsp3) is 0.429. The van der Waals surface area contributed by atoms with Gasteiger partial charge in [0.05, 0.1) is 18.4 Å². The molecule has 0 aliphatic carbocycles. The van der Waals surface area contributed by atoms with E-state index in [1.165, 1.54) is 12.8 Å². The summed E-state index contributed by atoms with van der Waals surface area (Å²) in [6.07, 6.45) is 5.27. The van der Waals surface area contributed by atoms with Crippen molar-refractivity contribution in [2.45, 2.75) is 45.8 Å². The van der Waals surface area contributed by atoms with E-state index >= 15 is 0 Å². The van der Waals surface area contributed by atoms with E-state index in [1.54, 1.807) is 0 Å². The molecule has 160 valence electrons. The lowest BCUT2D eigenvalue weighted by molar-refractivity contribution is 0.462. The lowest BCUT2D eigenvalue weighted by Gasteiger charge is -2.21. The summed E-state index contributed by atoms with van der Waals surface area (Å²) in [6.45, 7) is 5.02. The molecule has 1 aromatic carbocycles. The number of aromatic amines is 1. The number of nitrogens with zero attached hydrogens (tertiary/aromatic N) is 6. The molecule has 0 saturated heterocycles. The minimum Gasteiger partial charge on any atom is -0.357 e. The number of aliphatic imine (C=N–C) groups is 1. The topological polar surface area (TPSA) is 87.0 Å². The maximum atomic E-state index is 4.79. The zero-order chi connectivity index (χ0) is 20.1. The Bertz CT molecular complexity index is 963. The highest BCUT2D eigenvalue weighted by atomic mass is 127. The average molecular weight is 520 g/mol. The van der Waals surface area contributed by atoms with Gasteiger partial charge in [0, 0.05) is 26.6 Å². The first-order valence-electron chi connectivity index (χ1n) is 10.2. The van der Waals surface area contributed by atoms with Crippen molar-refractivity contribution < 1.29 is 0 Å². The molecule has 8 nitrogen and oxygen atoms in total. The van der Waals surface area contributed by atoms with Crippen molar-refractivity contribution in [1.29, 1.82) is 0 Å². The van der Waals surface area contributed by atoms with Gasteiger partial charge >= 0.3 is 0 Å². The molecule has 0 bridgehead atoms. The molecule has 0 fully saturated rings. The number of fused-ring (bicyclic) bond motifs is 1. The summed E-state index contributed by atoms with van der Waals surface area (Å²) < 4.78 is 2.22. The monoisotopic (exact) mass is 520 g/mol. The molecule has 2 N–H and O–H groups in total. The first kappa shape index (κ1) is 22.3. The van der Waals surface area contributed by atoms with E-state index in [4.69, 9.17) is 4.99 Å². The van der Waals surface area contributed by atoms with Crippen molar-refractivity contribution >= 4 is 29.9 Å². The van der Waals surface area contributed by atoms with E-state index in [0.717, 1.165) is 54.2 Å². The highest BCUT2D eigenvalue weighted by molar-refractivity contribution is 14.0. The van der Waals surface area contributed by atoms with E-state index in [1.807, 2.05) is 31.4 Å². The molecule has 0 spiro atoms. The summed E-state index contributed by atoms with van der Waals surface area (Å²) in [4.78, 5) is 14.8. The zero-order valence-corrected chi connectivity index (χ0v) is 19.8. The van der Waals surface area contributed by atoms with Gasteiger partial charge in [0.1, 0.15) is 18.2 Å². The number of benzene rings is 1. The molecule has 0 amide bonds. The quantitative estimate of drug-likeness (QED) is 0.296. The van der Waals surface area contributed by atoms with Gasteiger partial charge in [-0.05, 0) is 25.3 Å². The standard InChI is InChI=1S/C21H28N8.HI/c1-3-22-21(24-14-20-27-26-19-11-7-8-12-29(19)20)28(2)15-18-23-13-17(25-18)16-9-5-4-6-10-16;/h4-6,9-10,13H,3,7-8,11-12,14-15H2,1-2H3,(H,22,24)(H,23,25);1H. The largest absolute Gasteiger partial charge is 0.357 e. The third-order valence-corrected chi connectivity index (χ3v) is 5.10. The number of hydrogen-bond acceptors (Lipinski definition) is 4. The van der Waals surface area contributed by atoms with Crippen LogP contribution in [-0.4, -0.2) is 49.2 Å². The van der Waals surface area contributed by atoms with Crippen LogP contribution >= 0.6 is 24.0 Å². The summed E-state index contributed by atoms with van der Waals surface area (Å²) in [5, 5.41) is 12.0. The molecule has 1 aliphatic rings. The molecule has 4 rings (SSSR count). The minimum atomic E-state index is 0. The molecule has 1 aliphatic heterocycles. The van der Waals surface area contributed by atoms with Gasteiger partial charge in [-0.25, -0.2) is 9.98 Å². The van der Waals surface area contributed by atoms with Gasteiger partial charge in [0.15, 0.2) is 11.8 Å². The molecule has 3 aromatic rings. The Morgan fingerprint density at radius 3 is 2.87 bits per heavy atom. The minimum absolute atomic E-state index is 0. The SMILES string of the molecule is CCNC(=NCc1nnc2n1CCCC2)N(C)Cc1ncc(-c2ccccc2)[nH]1.I. The second-order valence-corrected chi connectivity index (χ2v) is 7.28. The number of halogens is 1. The van der Waals surface area contributed by atoms with Crippen LogP contribution in [0.5, 0.6) is 0 Å². The lowest BCUT2D eigenvalue weighted by atomic mass is 10.2. The van der Waals surface area contributed by atoms with Crippen LogP contribution in [0.4, 0.5) is 0 Å². The number of aromatic nitrogens is 5. The number of aryl methyl sites for hydroxylation is 1. The summed E-state index contributed by atoms with van der Waals surface area (Å²) in [6, 6.07) is 10.2. The summed E-state index contributed by atoms with van der Waals surface area (Å²) in [5.74, 6) is 3.76. The zero-order valence-electron chi connectivity index (χ0n) is 17.5. The Labute approximate surface area is 194 Å². The van der Waals surface area contributed by atoms with Crippen molar-refractivity contribution in [1.82, 2.24) is 34.9 Å². The average Bonchev–Trinajstić information content (AvgIpc) is 3.39. The molecule has 9 heteroatoms. The van der Waals surface area contributed by atoms with Crippen LogP contribution in [0.25, 0.3) is 11.3 Å².